The number of likely N-dealkylation sites (N-methyl/N-ethyl adjacent to an activating group) is 1. The standard InChI is InChI=1S/C16H37N3/c1-14(2)8-9-16(5,13-17)19(12-15(3)4)11-10-18(6)7/h14-15H,8-13,17H2,1-7H3. The number of nitrogens with zero attached hydrogens (tertiary/aromatic N) is 2. The fourth-order valence-electron chi connectivity index (χ4n) is 2.33. The zero-order valence-corrected chi connectivity index (χ0v) is 14.4. The lowest BCUT2D eigenvalue weighted by Gasteiger charge is -2.43. The molecule has 2 N–H and O–H groups in total. The van der Waals surface area contributed by atoms with Gasteiger partial charge in [-0.15, -0.1) is 0 Å². The first-order valence-electron chi connectivity index (χ1n) is 7.81. The predicted octanol–water partition coefficient (Wildman–Crippen LogP) is 2.66. The molecule has 0 aliphatic rings. The summed E-state index contributed by atoms with van der Waals surface area (Å²) in [6.45, 7) is 15.6. The summed E-state index contributed by atoms with van der Waals surface area (Å²) in [6, 6.07) is 0. The maximum atomic E-state index is 6.12. The van der Waals surface area contributed by atoms with E-state index in [2.05, 4.69) is 58.5 Å². The first-order chi connectivity index (χ1) is 8.71. The molecule has 3 heteroatoms. The van der Waals surface area contributed by atoms with E-state index in [1.807, 2.05) is 0 Å². The van der Waals surface area contributed by atoms with Gasteiger partial charge in [0, 0.05) is 31.7 Å². The van der Waals surface area contributed by atoms with Crippen LogP contribution >= 0.6 is 0 Å². The third kappa shape index (κ3) is 7.91. The van der Waals surface area contributed by atoms with Crippen LogP contribution in [-0.2, 0) is 0 Å². The summed E-state index contributed by atoms with van der Waals surface area (Å²) in [7, 11) is 4.28. The molecule has 0 amide bonds. The predicted molar refractivity (Wildman–Crippen MR) is 86.5 cm³/mol. The van der Waals surface area contributed by atoms with Gasteiger partial charge in [-0.1, -0.05) is 27.7 Å². The van der Waals surface area contributed by atoms with Crippen molar-refractivity contribution >= 4 is 0 Å². The van der Waals surface area contributed by atoms with Crippen molar-refractivity contribution in [3.63, 3.8) is 0 Å². The van der Waals surface area contributed by atoms with Crippen molar-refractivity contribution in [3.8, 4) is 0 Å². The van der Waals surface area contributed by atoms with E-state index in [-0.39, 0.29) is 5.54 Å². The molecule has 19 heavy (non-hydrogen) atoms. The van der Waals surface area contributed by atoms with Gasteiger partial charge in [0.15, 0.2) is 0 Å². The Balaban J connectivity index is 4.72. The fraction of sp³-hybridized carbons (Fsp3) is 1.00. The molecule has 0 aliphatic carbocycles. The van der Waals surface area contributed by atoms with Gasteiger partial charge in [0.1, 0.15) is 0 Å². The first kappa shape index (κ1) is 18.9. The van der Waals surface area contributed by atoms with Gasteiger partial charge in [0.2, 0.25) is 0 Å². The molecule has 0 aromatic carbocycles. The van der Waals surface area contributed by atoms with Crippen molar-refractivity contribution in [2.24, 2.45) is 17.6 Å². The molecule has 0 rings (SSSR count). The lowest BCUT2D eigenvalue weighted by molar-refractivity contribution is 0.0751. The first-order valence-corrected chi connectivity index (χ1v) is 7.81. The van der Waals surface area contributed by atoms with E-state index in [1.165, 1.54) is 12.8 Å². The zero-order chi connectivity index (χ0) is 15.1. The molecule has 0 bridgehead atoms. The number of hydrogen-bond acceptors (Lipinski definition) is 3. The van der Waals surface area contributed by atoms with E-state index in [0.717, 1.165) is 32.1 Å². The summed E-state index contributed by atoms with van der Waals surface area (Å²) in [6.07, 6.45) is 2.45. The van der Waals surface area contributed by atoms with E-state index in [0.29, 0.717) is 5.92 Å². The quantitative estimate of drug-likeness (QED) is 0.663. The molecule has 0 spiro atoms. The smallest absolute Gasteiger partial charge is 0.0304 e. The summed E-state index contributed by atoms with van der Waals surface area (Å²) in [4.78, 5) is 4.87. The van der Waals surface area contributed by atoms with Gasteiger partial charge in [0.05, 0.1) is 0 Å². The maximum Gasteiger partial charge on any atom is 0.0304 e. The van der Waals surface area contributed by atoms with Crippen LogP contribution in [-0.4, -0.2) is 55.6 Å². The van der Waals surface area contributed by atoms with Gasteiger partial charge in [0.25, 0.3) is 0 Å². The Bertz CT molecular complexity index is 226. The Morgan fingerprint density at radius 3 is 1.95 bits per heavy atom. The van der Waals surface area contributed by atoms with Crippen LogP contribution in [0.15, 0.2) is 0 Å². The fourth-order valence-corrected chi connectivity index (χ4v) is 2.33. The number of nitrogens with two attached hydrogens (primary N) is 1. The molecule has 0 fully saturated rings. The highest BCUT2D eigenvalue weighted by molar-refractivity contribution is 4.88. The van der Waals surface area contributed by atoms with Crippen molar-refractivity contribution in [2.45, 2.75) is 53.0 Å². The Morgan fingerprint density at radius 2 is 1.58 bits per heavy atom. The average molecular weight is 271 g/mol. The number of hydrogen-bond donors (Lipinski definition) is 1. The van der Waals surface area contributed by atoms with E-state index >= 15 is 0 Å². The summed E-state index contributed by atoms with van der Waals surface area (Å²) >= 11 is 0. The largest absolute Gasteiger partial charge is 0.329 e. The van der Waals surface area contributed by atoms with Crippen molar-refractivity contribution in [3.05, 3.63) is 0 Å². The average Bonchev–Trinajstić information content (AvgIpc) is 2.30. The lowest BCUT2D eigenvalue weighted by Crippen LogP contribution is -2.54. The molecule has 0 aromatic rings. The van der Waals surface area contributed by atoms with Crippen LogP contribution in [0.5, 0.6) is 0 Å². The monoisotopic (exact) mass is 271 g/mol. The highest BCUT2D eigenvalue weighted by Gasteiger charge is 2.30. The van der Waals surface area contributed by atoms with E-state index in [1.54, 1.807) is 0 Å². The summed E-state index contributed by atoms with van der Waals surface area (Å²) in [5.74, 6) is 1.44. The van der Waals surface area contributed by atoms with Crippen molar-refractivity contribution in [1.82, 2.24) is 9.80 Å². The van der Waals surface area contributed by atoms with Crippen molar-refractivity contribution in [2.75, 3.05) is 40.3 Å². The molecule has 0 saturated carbocycles. The van der Waals surface area contributed by atoms with Crippen LogP contribution in [0.25, 0.3) is 0 Å². The highest BCUT2D eigenvalue weighted by Crippen LogP contribution is 2.23. The van der Waals surface area contributed by atoms with Crippen LogP contribution in [0.3, 0.4) is 0 Å². The molecule has 0 heterocycles. The van der Waals surface area contributed by atoms with Crippen LogP contribution in [0, 0.1) is 11.8 Å². The molecule has 116 valence electrons. The molecule has 0 radical (unpaired) electrons. The summed E-state index contributed by atoms with van der Waals surface area (Å²) in [5, 5.41) is 0. The van der Waals surface area contributed by atoms with Crippen LogP contribution < -0.4 is 5.73 Å². The molecular weight excluding hydrogens is 234 g/mol. The second-order valence-electron chi connectivity index (χ2n) is 7.28. The van der Waals surface area contributed by atoms with Crippen LogP contribution in [0.4, 0.5) is 0 Å². The van der Waals surface area contributed by atoms with E-state index < -0.39 is 0 Å². The van der Waals surface area contributed by atoms with Crippen molar-refractivity contribution < 1.29 is 0 Å². The minimum atomic E-state index is 0.143. The normalized spacial score (nSPS) is 15.8. The minimum Gasteiger partial charge on any atom is -0.329 e. The second kappa shape index (κ2) is 8.93. The SMILES string of the molecule is CC(C)CCC(C)(CN)N(CCN(C)C)CC(C)C. The van der Waals surface area contributed by atoms with Gasteiger partial charge in [-0.2, -0.15) is 0 Å². The Labute approximate surface area is 121 Å². The molecular formula is C16H37N3. The molecule has 0 aromatic heterocycles. The Kier molecular flexibility index (Phi) is 8.88. The maximum absolute atomic E-state index is 6.12. The number of rotatable bonds is 10. The van der Waals surface area contributed by atoms with Crippen LogP contribution in [0.2, 0.25) is 0 Å². The van der Waals surface area contributed by atoms with E-state index in [4.69, 9.17) is 5.73 Å². The summed E-state index contributed by atoms with van der Waals surface area (Å²) in [5.41, 5.74) is 6.26. The van der Waals surface area contributed by atoms with Gasteiger partial charge in [-0.25, -0.2) is 0 Å². The zero-order valence-electron chi connectivity index (χ0n) is 14.4. The molecule has 3 nitrogen and oxygen atoms in total. The van der Waals surface area contributed by atoms with Gasteiger partial charge in [-0.3, -0.25) is 4.90 Å². The summed E-state index contributed by atoms with van der Waals surface area (Å²) < 4.78 is 0. The van der Waals surface area contributed by atoms with E-state index in [9.17, 15) is 0 Å². The third-order valence-electron chi connectivity index (χ3n) is 3.87. The second-order valence-corrected chi connectivity index (χ2v) is 7.28. The van der Waals surface area contributed by atoms with Crippen molar-refractivity contribution in [1.29, 1.82) is 0 Å². The third-order valence-corrected chi connectivity index (χ3v) is 3.87. The molecule has 0 saturated heterocycles. The highest BCUT2D eigenvalue weighted by atomic mass is 15.2. The molecule has 1 atom stereocenters. The lowest BCUT2D eigenvalue weighted by atomic mass is 9.89. The Hall–Kier alpha value is -0.120. The van der Waals surface area contributed by atoms with Gasteiger partial charge < -0.3 is 10.6 Å². The molecule has 0 aliphatic heterocycles. The molecule has 1 unspecified atom stereocenters. The van der Waals surface area contributed by atoms with Crippen LogP contribution in [0.1, 0.15) is 47.5 Å². The minimum absolute atomic E-state index is 0.143. The Morgan fingerprint density at radius 1 is 1.00 bits per heavy atom. The topological polar surface area (TPSA) is 32.5 Å². The van der Waals surface area contributed by atoms with Gasteiger partial charge >= 0.3 is 0 Å². The van der Waals surface area contributed by atoms with Gasteiger partial charge in [-0.05, 0) is 45.7 Å².